The van der Waals surface area contributed by atoms with E-state index in [1.165, 1.54) is 12.1 Å². The second-order valence-corrected chi connectivity index (χ2v) is 10.3. The van der Waals surface area contributed by atoms with Gasteiger partial charge in [0.15, 0.2) is 9.84 Å². The SMILES string of the molecule is Cc1ccccc1S(=O)(=O)CC1(O)CCN(C(=O)Cc2c[nH]c3ccc(F)cc23)CC1. The van der Waals surface area contributed by atoms with Crippen molar-refractivity contribution >= 4 is 26.6 Å². The summed E-state index contributed by atoms with van der Waals surface area (Å²) in [6.07, 6.45) is 2.19. The van der Waals surface area contributed by atoms with E-state index in [-0.39, 0.29) is 54.7 Å². The molecule has 6 nitrogen and oxygen atoms in total. The summed E-state index contributed by atoms with van der Waals surface area (Å²) in [7, 11) is -3.65. The number of nitrogens with zero attached hydrogens (tertiary/aromatic N) is 1. The van der Waals surface area contributed by atoms with E-state index < -0.39 is 15.4 Å². The van der Waals surface area contributed by atoms with Crippen LogP contribution in [0.15, 0.2) is 53.6 Å². The van der Waals surface area contributed by atoms with Crippen LogP contribution in [0, 0.1) is 12.7 Å². The summed E-state index contributed by atoms with van der Waals surface area (Å²) in [5.41, 5.74) is 0.747. The number of sulfone groups is 1. The predicted octanol–water partition coefficient (Wildman–Crippen LogP) is 2.99. The minimum atomic E-state index is -3.65. The minimum absolute atomic E-state index is 0.114. The summed E-state index contributed by atoms with van der Waals surface area (Å²) < 4.78 is 39.2. The normalized spacial score (nSPS) is 16.5. The Kier molecular flexibility index (Phi) is 5.61. The molecule has 2 heterocycles. The van der Waals surface area contributed by atoms with E-state index in [9.17, 15) is 22.7 Å². The van der Waals surface area contributed by atoms with E-state index in [1.54, 1.807) is 48.4 Å². The van der Waals surface area contributed by atoms with Gasteiger partial charge in [0.05, 0.1) is 22.7 Å². The molecule has 1 aromatic heterocycles. The highest BCUT2D eigenvalue weighted by Crippen LogP contribution is 2.28. The Morgan fingerprint density at radius 3 is 2.61 bits per heavy atom. The molecule has 0 unspecified atom stereocenters. The van der Waals surface area contributed by atoms with Gasteiger partial charge in [-0.05, 0) is 55.2 Å². The van der Waals surface area contributed by atoms with Crippen molar-refractivity contribution in [3.63, 3.8) is 0 Å². The molecule has 1 amide bonds. The van der Waals surface area contributed by atoms with Gasteiger partial charge in [0, 0.05) is 30.2 Å². The van der Waals surface area contributed by atoms with Crippen LogP contribution >= 0.6 is 0 Å². The molecule has 0 aliphatic carbocycles. The van der Waals surface area contributed by atoms with E-state index in [2.05, 4.69) is 4.98 Å². The lowest BCUT2D eigenvalue weighted by Gasteiger charge is -2.38. The molecule has 2 N–H and O–H groups in total. The van der Waals surface area contributed by atoms with Crippen molar-refractivity contribution in [3.8, 4) is 0 Å². The number of carbonyl (C=O) groups is 1. The Morgan fingerprint density at radius 2 is 1.90 bits per heavy atom. The number of aliphatic hydroxyl groups is 1. The van der Waals surface area contributed by atoms with E-state index in [1.807, 2.05) is 0 Å². The Morgan fingerprint density at radius 1 is 1.19 bits per heavy atom. The zero-order valence-electron chi connectivity index (χ0n) is 17.3. The number of aromatic nitrogens is 1. The second-order valence-electron chi connectivity index (χ2n) is 8.31. The van der Waals surface area contributed by atoms with E-state index in [0.717, 1.165) is 5.52 Å². The molecule has 1 aliphatic rings. The van der Waals surface area contributed by atoms with E-state index >= 15 is 0 Å². The zero-order chi connectivity index (χ0) is 22.2. The van der Waals surface area contributed by atoms with Crippen molar-refractivity contribution in [3.05, 3.63) is 65.6 Å². The van der Waals surface area contributed by atoms with Crippen molar-refractivity contribution in [1.29, 1.82) is 0 Å². The molecule has 0 saturated carbocycles. The van der Waals surface area contributed by atoms with Crippen LogP contribution in [-0.4, -0.2) is 53.8 Å². The fraction of sp³-hybridized carbons (Fsp3) is 0.348. The highest BCUT2D eigenvalue weighted by Gasteiger charge is 2.38. The number of rotatable bonds is 5. The van der Waals surface area contributed by atoms with Crippen LogP contribution in [0.2, 0.25) is 0 Å². The number of benzene rings is 2. The van der Waals surface area contributed by atoms with Gasteiger partial charge in [0.25, 0.3) is 0 Å². The first-order chi connectivity index (χ1) is 14.7. The lowest BCUT2D eigenvalue weighted by Crippen LogP contribution is -2.50. The molecule has 3 aromatic rings. The van der Waals surface area contributed by atoms with Crippen LogP contribution < -0.4 is 0 Å². The fourth-order valence-corrected chi connectivity index (χ4v) is 6.22. The average Bonchev–Trinajstić information content (AvgIpc) is 3.09. The molecule has 31 heavy (non-hydrogen) atoms. The number of aryl methyl sites for hydroxylation is 1. The number of H-pyrrole nitrogens is 1. The van der Waals surface area contributed by atoms with Crippen molar-refractivity contribution in [2.75, 3.05) is 18.8 Å². The summed E-state index contributed by atoms with van der Waals surface area (Å²) in [5.74, 6) is -0.859. The maximum absolute atomic E-state index is 13.6. The summed E-state index contributed by atoms with van der Waals surface area (Å²) in [4.78, 5) is 17.7. The molecule has 1 aliphatic heterocycles. The molecular formula is C23H25FN2O4S. The molecule has 0 bridgehead atoms. The van der Waals surface area contributed by atoms with Crippen LogP contribution in [0.4, 0.5) is 4.39 Å². The Hall–Kier alpha value is -2.71. The molecule has 2 aromatic carbocycles. The van der Waals surface area contributed by atoms with E-state index in [0.29, 0.717) is 16.5 Å². The quantitative estimate of drug-likeness (QED) is 0.633. The van der Waals surface area contributed by atoms with Crippen molar-refractivity contribution in [2.24, 2.45) is 0 Å². The first kappa shape index (κ1) is 21.5. The van der Waals surface area contributed by atoms with Gasteiger partial charge in [-0.25, -0.2) is 12.8 Å². The Labute approximate surface area is 180 Å². The highest BCUT2D eigenvalue weighted by molar-refractivity contribution is 7.91. The number of fused-ring (bicyclic) bond motifs is 1. The van der Waals surface area contributed by atoms with Gasteiger partial charge in [-0.2, -0.15) is 0 Å². The van der Waals surface area contributed by atoms with Crippen molar-refractivity contribution in [1.82, 2.24) is 9.88 Å². The first-order valence-corrected chi connectivity index (χ1v) is 11.9. The van der Waals surface area contributed by atoms with Gasteiger partial charge < -0.3 is 15.0 Å². The lowest BCUT2D eigenvalue weighted by atomic mass is 9.93. The van der Waals surface area contributed by atoms with Gasteiger partial charge in [-0.1, -0.05) is 18.2 Å². The maximum atomic E-state index is 13.6. The summed E-state index contributed by atoms with van der Waals surface area (Å²) in [6.45, 7) is 2.28. The Balaban J connectivity index is 1.41. The van der Waals surface area contributed by atoms with Gasteiger partial charge in [-0.15, -0.1) is 0 Å². The third-order valence-electron chi connectivity index (χ3n) is 6.01. The van der Waals surface area contributed by atoms with Crippen molar-refractivity contribution < 1.29 is 22.7 Å². The van der Waals surface area contributed by atoms with Gasteiger partial charge in [0.1, 0.15) is 5.82 Å². The van der Waals surface area contributed by atoms with Crippen LogP contribution in [0.1, 0.15) is 24.0 Å². The van der Waals surface area contributed by atoms with Gasteiger partial charge in [-0.3, -0.25) is 4.79 Å². The molecule has 4 rings (SSSR count). The number of aromatic amines is 1. The molecule has 164 valence electrons. The largest absolute Gasteiger partial charge is 0.389 e. The lowest BCUT2D eigenvalue weighted by molar-refractivity contribution is -0.134. The minimum Gasteiger partial charge on any atom is -0.389 e. The molecule has 8 heteroatoms. The second kappa shape index (κ2) is 8.09. The molecule has 1 fully saturated rings. The van der Waals surface area contributed by atoms with Gasteiger partial charge in [0.2, 0.25) is 5.91 Å². The zero-order valence-corrected chi connectivity index (χ0v) is 18.1. The standard InChI is InChI=1S/C23H25FN2O4S/c1-16-4-2-3-5-21(16)31(29,30)15-23(28)8-10-26(11-9-23)22(27)12-17-14-25-20-7-6-18(24)13-19(17)20/h2-7,13-14,25,28H,8-12,15H2,1H3. The summed E-state index contributed by atoms with van der Waals surface area (Å²) >= 11 is 0. The topological polar surface area (TPSA) is 90.5 Å². The van der Waals surface area contributed by atoms with Crippen LogP contribution in [0.25, 0.3) is 10.9 Å². The monoisotopic (exact) mass is 444 g/mol. The average molecular weight is 445 g/mol. The molecule has 0 atom stereocenters. The number of piperidine rings is 1. The first-order valence-electron chi connectivity index (χ1n) is 10.2. The Bertz CT molecular complexity index is 1230. The predicted molar refractivity (Wildman–Crippen MR) is 116 cm³/mol. The third-order valence-corrected chi connectivity index (χ3v) is 8.05. The van der Waals surface area contributed by atoms with Crippen LogP contribution in [-0.2, 0) is 21.1 Å². The van der Waals surface area contributed by atoms with Crippen LogP contribution in [0.5, 0.6) is 0 Å². The van der Waals surface area contributed by atoms with Gasteiger partial charge >= 0.3 is 0 Å². The number of carbonyl (C=O) groups excluding carboxylic acids is 1. The smallest absolute Gasteiger partial charge is 0.227 e. The highest BCUT2D eigenvalue weighted by atomic mass is 32.2. The molecular weight excluding hydrogens is 419 g/mol. The molecule has 0 spiro atoms. The third kappa shape index (κ3) is 4.50. The number of likely N-dealkylation sites (tertiary alicyclic amines) is 1. The van der Waals surface area contributed by atoms with Crippen molar-refractivity contribution in [2.45, 2.75) is 36.7 Å². The summed E-state index contributed by atoms with van der Waals surface area (Å²) in [5, 5.41) is 11.6. The molecule has 1 saturated heterocycles. The number of nitrogens with one attached hydrogen (secondary N) is 1. The summed E-state index contributed by atoms with van der Waals surface area (Å²) in [6, 6.07) is 11.1. The number of hydrogen-bond acceptors (Lipinski definition) is 4. The maximum Gasteiger partial charge on any atom is 0.227 e. The number of hydrogen-bond donors (Lipinski definition) is 2. The molecule has 0 radical (unpaired) electrons. The van der Waals surface area contributed by atoms with E-state index in [4.69, 9.17) is 0 Å². The fourth-order valence-electron chi connectivity index (χ4n) is 4.23. The number of halogens is 1. The van der Waals surface area contributed by atoms with Crippen LogP contribution in [0.3, 0.4) is 0 Å². The number of amides is 1.